The molecule has 0 amide bonds. The van der Waals surface area contributed by atoms with E-state index in [2.05, 4.69) is 0 Å². The SMILES string of the molecule is [CH]=C(C)C(C)C=O. The second-order valence-electron chi connectivity index (χ2n) is 1.67. The van der Waals surface area contributed by atoms with Gasteiger partial charge in [0, 0.05) is 5.92 Å². The van der Waals surface area contributed by atoms with E-state index in [1.807, 2.05) is 0 Å². The number of hydrogen-bond acceptors (Lipinski definition) is 1. The Morgan fingerprint density at radius 1 is 1.86 bits per heavy atom. The fourth-order valence-electron chi connectivity index (χ4n) is 0.107. The lowest BCUT2D eigenvalue weighted by Crippen LogP contribution is -1.94. The lowest BCUT2D eigenvalue weighted by atomic mass is 10.1. The Balaban J connectivity index is 3.55. The third-order valence-electron chi connectivity index (χ3n) is 0.922. The van der Waals surface area contributed by atoms with Crippen molar-refractivity contribution in [3.8, 4) is 0 Å². The van der Waals surface area contributed by atoms with Crippen LogP contribution >= 0.6 is 0 Å². The van der Waals surface area contributed by atoms with Crippen LogP contribution in [0.25, 0.3) is 0 Å². The summed E-state index contributed by atoms with van der Waals surface area (Å²) in [5.41, 5.74) is 0.676. The van der Waals surface area contributed by atoms with Crippen LogP contribution < -0.4 is 0 Å². The third kappa shape index (κ3) is 2.15. The molecule has 0 aromatic heterocycles. The third-order valence-corrected chi connectivity index (χ3v) is 0.922. The molecule has 0 bridgehead atoms. The monoisotopic (exact) mass is 97.1 g/mol. The van der Waals surface area contributed by atoms with E-state index in [0.29, 0.717) is 5.57 Å². The minimum atomic E-state index is -0.0833. The van der Waals surface area contributed by atoms with Gasteiger partial charge in [-0.15, -0.1) is 0 Å². The second-order valence-corrected chi connectivity index (χ2v) is 1.67. The summed E-state index contributed by atoms with van der Waals surface area (Å²) in [7, 11) is 0. The van der Waals surface area contributed by atoms with E-state index in [9.17, 15) is 4.79 Å². The van der Waals surface area contributed by atoms with Crippen LogP contribution in [-0.2, 0) is 4.79 Å². The van der Waals surface area contributed by atoms with Crippen molar-refractivity contribution in [1.82, 2.24) is 0 Å². The molecular weight excluding hydrogens is 88.1 g/mol. The highest BCUT2D eigenvalue weighted by Gasteiger charge is 1.95. The molecule has 0 saturated carbocycles. The molecule has 0 aromatic carbocycles. The van der Waals surface area contributed by atoms with E-state index in [-0.39, 0.29) is 5.92 Å². The molecule has 39 valence electrons. The van der Waals surface area contributed by atoms with Crippen LogP contribution in [0.15, 0.2) is 5.57 Å². The average molecular weight is 97.1 g/mol. The van der Waals surface area contributed by atoms with Gasteiger partial charge in [0.1, 0.15) is 6.29 Å². The average Bonchev–Trinajstić information content (AvgIpc) is 1.65. The summed E-state index contributed by atoms with van der Waals surface area (Å²) < 4.78 is 0. The predicted octanol–water partition coefficient (Wildman–Crippen LogP) is 1.20. The van der Waals surface area contributed by atoms with Gasteiger partial charge in [0.15, 0.2) is 0 Å². The molecule has 0 spiro atoms. The summed E-state index contributed by atoms with van der Waals surface area (Å²) in [5.74, 6) is -0.0833. The number of rotatable bonds is 2. The van der Waals surface area contributed by atoms with Crippen LogP contribution in [0.1, 0.15) is 13.8 Å². The van der Waals surface area contributed by atoms with Crippen LogP contribution in [0.2, 0.25) is 0 Å². The number of hydrogen-bond donors (Lipinski definition) is 0. The smallest absolute Gasteiger partial charge is 0.126 e. The van der Waals surface area contributed by atoms with Gasteiger partial charge in [-0.25, -0.2) is 0 Å². The van der Waals surface area contributed by atoms with Gasteiger partial charge in [0.05, 0.1) is 0 Å². The summed E-state index contributed by atoms with van der Waals surface area (Å²) in [6.07, 6.45) is 0.829. The van der Waals surface area contributed by atoms with Gasteiger partial charge in [-0.3, -0.25) is 0 Å². The summed E-state index contributed by atoms with van der Waals surface area (Å²) in [4.78, 5) is 9.85. The molecule has 1 heteroatoms. The van der Waals surface area contributed by atoms with Crippen LogP contribution in [0, 0.1) is 12.5 Å². The van der Waals surface area contributed by atoms with Gasteiger partial charge in [0.25, 0.3) is 0 Å². The Bertz CT molecular complexity index is 84.2. The predicted molar refractivity (Wildman–Crippen MR) is 28.7 cm³/mol. The second kappa shape index (κ2) is 2.56. The van der Waals surface area contributed by atoms with Crippen molar-refractivity contribution < 1.29 is 4.79 Å². The molecule has 1 unspecified atom stereocenters. The highest BCUT2D eigenvalue weighted by molar-refractivity contribution is 5.57. The zero-order chi connectivity index (χ0) is 5.86. The topological polar surface area (TPSA) is 17.1 Å². The van der Waals surface area contributed by atoms with Gasteiger partial charge < -0.3 is 4.79 Å². The molecule has 0 aromatic rings. The molecule has 0 aliphatic rings. The van der Waals surface area contributed by atoms with Gasteiger partial charge in [-0.2, -0.15) is 0 Å². The highest BCUT2D eigenvalue weighted by atomic mass is 16.1. The molecule has 0 rings (SSSR count). The zero-order valence-corrected chi connectivity index (χ0v) is 4.64. The Kier molecular flexibility index (Phi) is 2.34. The lowest BCUT2D eigenvalue weighted by molar-refractivity contribution is -0.109. The van der Waals surface area contributed by atoms with Crippen molar-refractivity contribution in [2.75, 3.05) is 0 Å². The molecule has 0 fully saturated rings. The largest absolute Gasteiger partial charge is 0.303 e. The quantitative estimate of drug-likeness (QED) is 0.473. The Morgan fingerprint density at radius 2 is 2.29 bits per heavy atom. The molecule has 0 N–H and O–H groups in total. The minimum Gasteiger partial charge on any atom is -0.303 e. The van der Waals surface area contributed by atoms with Gasteiger partial charge >= 0.3 is 0 Å². The molecular formula is C6H9O. The standard InChI is InChI=1S/C6H9O/c1-5(2)6(3)4-7/h1,4,6H,2-3H3. The first kappa shape index (κ1) is 6.41. The Morgan fingerprint density at radius 3 is 2.29 bits per heavy atom. The molecule has 0 aliphatic heterocycles. The minimum absolute atomic E-state index is 0.0833. The maximum atomic E-state index is 9.85. The molecule has 7 heavy (non-hydrogen) atoms. The summed E-state index contributed by atoms with van der Waals surface area (Å²) in [5, 5.41) is 0. The summed E-state index contributed by atoms with van der Waals surface area (Å²) in [6.45, 7) is 8.73. The van der Waals surface area contributed by atoms with Crippen LogP contribution in [0.4, 0.5) is 0 Å². The maximum Gasteiger partial charge on any atom is 0.126 e. The Labute approximate surface area is 44.0 Å². The fraction of sp³-hybridized carbons (Fsp3) is 0.500. The molecule has 1 atom stereocenters. The van der Waals surface area contributed by atoms with Crippen molar-refractivity contribution in [1.29, 1.82) is 0 Å². The first-order valence-corrected chi connectivity index (χ1v) is 2.22. The van der Waals surface area contributed by atoms with Crippen molar-refractivity contribution in [3.05, 3.63) is 12.2 Å². The van der Waals surface area contributed by atoms with E-state index in [4.69, 9.17) is 6.58 Å². The summed E-state index contributed by atoms with van der Waals surface area (Å²) >= 11 is 0. The number of carbonyl (C=O) groups is 1. The van der Waals surface area contributed by atoms with E-state index in [0.717, 1.165) is 6.29 Å². The van der Waals surface area contributed by atoms with Crippen molar-refractivity contribution in [3.63, 3.8) is 0 Å². The molecule has 1 nitrogen and oxygen atoms in total. The van der Waals surface area contributed by atoms with E-state index in [1.165, 1.54) is 0 Å². The highest BCUT2D eigenvalue weighted by Crippen LogP contribution is 2.00. The van der Waals surface area contributed by atoms with Crippen LogP contribution in [0.5, 0.6) is 0 Å². The van der Waals surface area contributed by atoms with E-state index >= 15 is 0 Å². The first-order valence-electron chi connectivity index (χ1n) is 2.22. The first-order chi connectivity index (χ1) is 3.18. The lowest BCUT2D eigenvalue weighted by Gasteiger charge is -1.96. The van der Waals surface area contributed by atoms with Crippen LogP contribution in [-0.4, -0.2) is 6.29 Å². The molecule has 0 aliphatic carbocycles. The van der Waals surface area contributed by atoms with Crippen molar-refractivity contribution >= 4 is 6.29 Å². The van der Waals surface area contributed by atoms with Crippen molar-refractivity contribution in [2.24, 2.45) is 5.92 Å². The number of allylic oxidation sites excluding steroid dienone is 1. The summed E-state index contributed by atoms with van der Waals surface area (Å²) in [6, 6.07) is 0. The number of aldehydes is 1. The molecule has 0 saturated heterocycles. The van der Waals surface area contributed by atoms with Gasteiger partial charge in [-0.05, 0) is 6.92 Å². The van der Waals surface area contributed by atoms with Crippen LogP contribution in [0.3, 0.4) is 0 Å². The maximum absolute atomic E-state index is 9.85. The van der Waals surface area contributed by atoms with Gasteiger partial charge in [0.2, 0.25) is 0 Å². The zero-order valence-electron chi connectivity index (χ0n) is 4.64. The van der Waals surface area contributed by atoms with E-state index in [1.54, 1.807) is 13.8 Å². The fourth-order valence-corrected chi connectivity index (χ4v) is 0.107. The Hall–Kier alpha value is -0.590. The van der Waals surface area contributed by atoms with Crippen molar-refractivity contribution in [2.45, 2.75) is 13.8 Å². The molecule has 0 heterocycles. The number of carbonyl (C=O) groups excluding carboxylic acids is 1. The van der Waals surface area contributed by atoms with E-state index < -0.39 is 0 Å². The normalized spacial score (nSPS) is 12.9. The molecule has 1 radical (unpaired) electrons. The van der Waals surface area contributed by atoms with Gasteiger partial charge in [-0.1, -0.05) is 19.1 Å².